The van der Waals surface area contributed by atoms with Crippen molar-refractivity contribution in [1.82, 2.24) is 15.5 Å². The summed E-state index contributed by atoms with van der Waals surface area (Å²) in [5, 5.41) is 5.39. The molecular formula is C21H26N4O5. The van der Waals surface area contributed by atoms with E-state index in [1.54, 1.807) is 24.3 Å². The Hall–Kier alpha value is -3.10. The average Bonchev–Trinajstić information content (AvgIpc) is 2.99. The minimum Gasteiger partial charge on any atom is -0.477 e. The Morgan fingerprint density at radius 1 is 1.27 bits per heavy atom. The molecule has 0 bridgehead atoms. The number of ether oxygens (including phenoxy) is 1. The summed E-state index contributed by atoms with van der Waals surface area (Å²) in [5.41, 5.74) is -0.404. The van der Waals surface area contributed by atoms with Crippen molar-refractivity contribution in [2.45, 2.75) is 44.2 Å². The summed E-state index contributed by atoms with van der Waals surface area (Å²) in [6.07, 6.45) is 2.46. The Morgan fingerprint density at radius 2 is 2.03 bits per heavy atom. The summed E-state index contributed by atoms with van der Waals surface area (Å²) in [7, 11) is 1.50. The number of anilines is 1. The first kappa shape index (κ1) is 20.2. The van der Waals surface area contributed by atoms with E-state index in [4.69, 9.17) is 4.74 Å². The highest BCUT2D eigenvalue weighted by molar-refractivity contribution is 6.11. The van der Waals surface area contributed by atoms with Gasteiger partial charge in [0.1, 0.15) is 17.8 Å². The Kier molecular flexibility index (Phi) is 5.13. The van der Waals surface area contributed by atoms with Gasteiger partial charge >= 0.3 is 6.03 Å². The monoisotopic (exact) mass is 414 g/mol. The molecule has 4 rings (SSSR count). The third-order valence-electron chi connectivity index (χ3n) is 6.41. The minimum atomic E-state index is -0.914. The SMILES string of the molecule is CNC(=O)C1CN(C(=O)CN2C(=O)NC3(CCCCC3C)C2=O)c2ccccc2O1. The van der Waals surface area contributed by atoms with Crippen molar-refractivity contribution in [2.75, 3.05) is 25.0 Å². The number of fused-ring (bicyclic) bond motifs is 1. The second-order valence-corrected chi connectivity index (χ2v) is 8.13. The third kappa shape index (κ3) is 3.18. The lowest BCUT2D eigenvalue weighted by Crippen LogP contribution is -2.55. The molecule has 3 atom stereocenters. The molecule has 30 heavy (non-hydrogen) atoms. The first-order valence-corrected chi connectivity index (χ1v) is 10.3. The Labute approximate surface area is 174 Å². The van der Waals surface area contributed by atoms with Crippen LogP contribution in [0, 0.1) is 5.92 Å². The number of benzene rings is 1. The van der Waals surface area contributed by atoms with E-state index in [0.29, 0.717) is 17.9 Å². The average molecular weight is 414 g/mol. The highest BCUT2D eigenvalue weighted by Crippen LogP contribution is 2.38. The largest absolute Gasteiger partial charge is 0.477 e. The molecule has 3 unspecified atom stereocenters. The lowest BCUT2D eigenvalue weighted by Gasteiger charge is -2.37. The third-order valence-corrected chi connectivity index (χ3v) is 6.41. The van der Waals surface area contributed by atoms with Crippen LogP contribution in [0.1, 0.15) is 32.6 Å². The van der Waals surface area contributed by atoms with Gasteiger partial charge in [0, 0.05) is 7.05 Å². The lowest BCUT2D eigenvalue weighted by atomic mass is 9.73. The topological polar surface area (TPSA) is 108 Å². The van der Waals surface area contributed by atoms with Gasteiger partial charge in [0.05, 0.1) is 12.2 Å². The smallest absolute Gasteiger partial charge is 0.325 e. The molecule has 9 nitrogen and oxygen atoms in total. The number of hydrogen-bond acceptors (Lipinski definition) is 5. The molecule has 0 aromatic heterocycles. The van der Waals surface area contributed by atoms with Crippen LogP contribution in [-0.4, -0.2) is 60.4 Å². The van der Waals surface area contributed by atoms with Gasteiger partial charge in [-0.25, -0.2) is 4.79 Å². The quantitative estimate of drug-likeness (QED) is 0.718. The van der Waals surface area contributed by atoms with Gasteiger partial charge in [-0.05, 0) is 30.9 Å². The van der Waals surface area contributed by atoms with Crippen LogP contribution in [0.15, 0.2) is 24.3 Å². The summed E-state index contributed by atoms with van der Waals surface area (Å²) in [4.78, 5) is 53.5. The Morgan fingerprint density at radius 3 is 2.77 bits per heavy atom. The molecule has 1 saturated carbocycles. The lowest BCUT2D eigenvalue weighted by molar-refractivity contribution is -0.137. The van der Waals surface area contributed by atoms with Crippen molar-refractivity contribution in [1.29, 1.82) is 0 Å². The normalized spacial score (nSPS) is 28.1. The number of amides is 5. The number of rotatable bonds is 3. The number of para-hydroxylation sites is 2. The highest BCUT2D eigenvalue weighted by Gasteiger charge is 2.55. The fraction of sp³-hybridized carbons (Fsp3) is 0.524. The van der Waals surface area contributed by atoms with E-state index >= 15 is 0 Å². The molecule has 2 N–H and O–H groups in total. The Balaban J connectivity index is 1.56. The van der Waals surface area contributed by atoms with Gasteiger partial charge in [-0.15, -0.1) is 0 Å². The molecule has 3 aliphatic rings. The zero-order chi connectivity index (χ0) is 21.5. The van der Waals surface area contributed by atoms with E-state index in [1.165, 1.54) is 11.9 Å². The maximum atomic E-state index is 13.2. The van der Waals surface area contributed by atoms with Crippen molar-refractivity contribution < 1.29 is 23.9 Å². The summed E-state index contributed by atoms with van der Waals surface area (Å²) in [5.74, 6) is -0.710. The van der Waals surface area contributed by atoms with Crippen molar-refractivity contribution in [2.24, 2.45) is 5.92 Å². The van der Waals surface area contributed by atoms with E-state index in [9.17, 15) is 19.2 Å². The first-order chi connectivity index (χ1) is 14.4. The maximum absolute atomic E-state index is 13.2. The molecule has 1 aromatic rings. The summed E-state index contributed by atoms with van der Waals surface area (Å²) in [6, 6.07) is 6.36. The number of nitrogens with zero attached hydrogens (tertiary/aromatic N) is 2. The molecule has 5 amide bonds. The summed E-state index contributed by atoms with van der Waals surface area (Å²) < 4.78 is 5.72. The molecule has 2 fully saturated rings. The fourth-order valence-electron chi connectivity index (χ4n) is 4.63. The van der Waals surface area contributed by atoms with Gasteiger partial charge in [-0.2, -0.15) is 0 Å². The number of likely N-dealkylation sites (N-methyl/N-ethyl adjacent to an activating group) is 1. The van der Waals surface area contributed by atoms with E-state index in [0.717, 1.165) is 24.2 Å². The zero-order valence-corrected chi connectivity index (χ0v) is 17.1. The zero-order valence-electron chi connectivity index (χ0n) is 17.1. The molecule has 1 spiro atoms. The number of nitrogens with one attached hydrogen (secondary N) is 2. The van der Waals surface area contributed by atoms with Gasteiger partial charge in [0.15, 0.2) is 6.10 Å². The predicted molar refractivity (Wildman–Crippen MR) is 108 cm³/mol. The van der Waals surface area contributed by atoms with E-state index in [1.807, 2.05) is 6.92 Å². The number of urea groups is 1. The summed E-state index contributed by atoms with van der Waals surface area (Å²) in [6.45, 7) is 1.59. The predicted octanol–water partition coefficient (Wildman–Crippen LogP) is 1.03. The number of carbonyl (C=O) groups excluding carboxylic acids is 4. The first-order valence-electron chi connectivity index (χ1n) is 10.3. The summed E-state index contributed by atoms with van der Waals surface area (Å²) >= 11 is 0. The van der Waals surface area contributed by atoms with Crippen molar-refractivity contribution >= 4 is 29.4 Å². The Bertz CT molecular complexity index is 903. The molecule has 0 radical (unpaired) electrons. The van der Waals surface area contributed by atoms with E-state index in [-0.39, 0.29) is 30.8 Å². The van der Waals surface area contributed by atoms with Gasteiger partial charge in [0.25, 0.3) is 11.8 Å². The number of carbonyl (C=O) groups is 4. The van der Waals surface area contributed by atoms with Crippen molar-refractivity contribution in [3.05, 3.63) is 24.3 Å². The van der Waals surface area contributed by atoms with Gasteiger partial charge in [-0.1, -0.05) is 31.9 Å². The molecule has 9 heteroatoms. The molecular weight excluding hydrogens is 388 g/mol. The molecule has 1 aliphatic carbocycles. The molecule has 2 heterocycles. The van der Waals surface area contributed by atoms with Crippen LogP contribution in [0.4, 0.5) is 10.5 Å². The van der Waals surface area contributed by atoms with Crippen LogP contribution in [-0.2, 0) is 14.4 Å². The van der Waals surface area contributed by atoms with Gasteiger partial charge in [-0.3, -0.25) is 19.3 Å². The van der Waals surface area contributed by atoms with Crippen LogP contribution < -0.4 is 20.3 Å². The van der Waals surface area contributed by atoms with Crippen molar-refractivity contribution in [3.63, 3.8) is 0 Å². The fourth-order valence-corrected chi connectivity index (χ4v) is 4.63. The second kappa shape index (κ2) is 7.62. The van der Waals surface area contributed by atoms with Gasteiger partial charge < -0.3 is 20.3 Å². The number of hydrogen-bond donors (Lipinski definition) is 2. The van der Waals surface area contributed by atoms with E-state index < -0.39 is 23.6 Å². The van der Waals surface area contributed by atoms with E-state index in [2.05, 4.69) is 10.6 Å². The molecule has 1 saturated heterocycles. The van der Waals surface area contributed by atoms with Crippen LogP contribution in [0.25, 0.3) is 0 Å². The number of imide groups is 1. The second-order valence-electron chi connectivity index (χ2n) is 8.13. The molecule has 160 valence electrons. The van der Waals surface area contributed by atoms with Crippen LogP contribution >= 0.6 is 0 Å². The standard InChI is InChI=1S/C21H26N4O5/c1-13-7-5-6-10-21(13)19(28)25(20(29)23-21)12-17(26)24-11-16(18(27)22-2)30-15-9-4-3-8-14(15)24/h3-4,8-9,13,16H,5-7,10-12H2,1-2H3,(H,22,27)(H,23,29). The van der Waals surface area contributed by atoms with Gasteiger partial charge in [0.2, 0.25) is 5.91 Å². The van der Waals surface area contributed by atoms with Crippen molar-refractivity contribution in [3.8, 4) is 5.75 Å². The minimum absolute atomic E-state index is 0.000709. The highest BCUT2D eigenvalue weighted by atomic mass is 16.5. The van der Waals surface area contributed by atoms with Crippen LogP contribution in [0.5, 0.6) is 5.75 Å². The molecule has 2 aliphatic heterocycles. The maximum Gasteiger partial charge on any atom is 0.325 e. The van der Waals surface area contributed by atoms with Crippen LogP contribution in [0.2, 0.25) is 0 Å². The molecule has 1 aromatic carbocycles. The van der Waals surface area contributed by atoms with Crippen LogP contribution in [0.3, 0.4) is 0 Å².